The lowest BCUT2D eigenvalue weighted by molar-refractivity contribution is 0.264. The Kier molecular flexibility index (Phi) is 4.77. The van der Waals surface area contributed by atoms with Gasteiger partial charge in [0, 0.05) is 10.0 Å². The Labute approximate surface area is 105 Å². The molecule has 3 nitrogen and oxygen atoms in total. The SMILES string of the molecule is COc1c(C(C)C)cc(Br)cc1C(N)CO. The Hall–Kier alpha value is -0.580. The highest BCUT2D eigenvalue weighted by atomic mass is 79.9. The fraction of sp³-hybridized carbons (Fsp3) is 0.500. The van der Waals surface area contributed by atoms with E-state index in [1.807, 2.05) is 12.1 Å². The Balaban J connectivity index is 3.35. The van der Waals surface area contributed by atoms with E-state index in [2.05, 4.69) is 29.8 Å². The molecule has 16 heavy (non-hydrogen) atoms. The smallest absolute Gasteiger partial charge is 0.127 e. The predicted molar refractivity (Wildman–Crippen MR) is 68.8 cm³/mol. The summed E-state index contributed by atoms with van der Waals surface area (Å²) in [6.45, 7) is 4.10. The number of nitrogens with two attached hydrogens (primary N) is 1. The number of aliphatic hydroxyl groups excluding tert-OH is 1. The molecule has 0 fully saturated rings. The van der Waals surface area contributed by atoms with Crippen molar-refractivity contribution < 1.29 is 9.84 Å². The minimum Gasteiger partial charge on any atom is -0.496 e. The summed E-state index contributed by atoms with van der Waals surface area (Å²) in [5.41, 5.74) is 7.79. The maximum atomic E-state index is 9.13. The van der Waals surface area contributed by atoms with Crippen molar-refractivity contribution in [2.45, 2.75) is 25.8 Å². The molecule has 0 aliphatic carbocycles. The van der Waals surface area contributed by atoms with Crippen molar-refractivity contribution in [2.24, 2.45) is 5.73 Å². The molecular weight excluding hydrogens is 270 g/mol. The van der Waals surface area contributed by atoms with Crippen LogP contribution in [-0.2, 0) is 0 Å². The lowest BCUT2D eigenvalue weighted by Crippen LogP contribution is -2.16. The highest BCUT2D eigenvalue weighted by Gasteiger charge is 2.17. The minimum absolute atomic E-state index is 0.0929. The van der Waals surface area contributed by atoms with Gasteiger partial charge in [-0.1, -0.05) is 29.8 Å². The van der Waals surface area contributed by atoms with Gasteiger partial charge in [0.2, 0.25) is 0 Å². The number of halogens is 1. The molecule has 1 rings (SSSR count). The molecule has 0 aliphatic rings. The molecule has 1 aromatic carbocycles. The van der Waals surface area contributed by atoms with Gasteiger partial charge in [-0.15, -0.1) is 0 Å². The first-order valence-electron chi connectivity index (χ1n) is 5.25. The number of methoxy groups -OCH3 is 1. The summed E-state index contributed by atoms with van der Waals surface area (Å²) >= 11 is 3.45. The van der Waals surface area contributed by atoms with Crippen LogP contribution in [-0.4, -0.2) is 18.8 Å². The summed E-state index contributed by atoms with van der Waals surface area (Å²) in [6.07, 6.45) is 0. The van der Waals surface area contributed by atoms with Crippen molar-refractivity contribution >= 4 is 15.9 Å². The molecule has 0 saturated carbocycles. The van der Waals surface area contributed by atoms with E-state index in [0.717, 1.165) is 21.3 Å². The maximum Gasteiger partial charge on any atom is 0.127 e. The third-order valence-electron chi connectivity index (χ3n) is 2.53. The van der Waals surface area contributed by atoms with Gasteiger partial charge in [0.15, 0.2) is 0 Å². The van der Waals surface area contributed by atoms with E-state index in [4.69, 9.17) is 15.6 Å². The van der Waals surface area contributed by atoms with Crippen LogP contribution in [0.3, 0.4) is 0 Å². The Morgan fingerprint density at radius 1 is 1.38 bits per heavy atom. The molecule has 1 atom stereocenters. The molecular formula is C12H18BrNO2. The highest BCUT2D eigenvalue weighted by Crippen LogP contribution is 2.35. The second-order valence-electron chi connectivity index (χ2n) is 4.06. The Bertz CT molecular complexity index is 366. The average Bonchev–Trinajstić information content (AvgIpc) is 2.26. The molecule has 0 saturated heterocycles. The fourth-order valence-electron chi connectivity index (χ4n) is 1.67. The molecule has 90 valence electrons. The Morgan fingerprint density at radius 2 is 1.94 bits per heavy atom. The maximum absolute atomic E-state index is 9.13. The summed E-state index contributed by atoms with van der Waals surface area (Å²) in [6, 6.07) is 3.51. The van der Waals surface area contributed by atoms with Crippen LogP contribution in [0.4, 0.5) is 0 Å². The molecule has 0 aliphatic heterocycles. The summed E-state index contributed by atoms with van der Waals surface area (Å²) in [7, 11) is 1.63. The quantitative estimate of drug-likeness (QED) is 0.895. The third kappa shape index (κ3) is 2.75. The standard InChI is InChI=1S/C12H18BrNO2/c1-7(2)9-4-8(13)5-10(11(14)6-15)12(9)16-3/h4-5,7,11,15H,6,14H2,1-3H3. The second-order valence-corrected chi connectivity index (χ2v) is 4.98. The van der Waals surface area contributed by atoms with E-state index < -0.39 is 6.04 Å². The summed E-state index contributed by atoms with van der Waals surface area (Å²) in [4.78, 5) is 0. The van der Waals surface area contributed by atoms with Crippen LogP contribution in [0.25, 0.3) is 0 Å². The zero-order valence-electron chi connectivity index (χ0n) is 9.83. The van der Waals surface area contributed by atoms with Crippen LogP contribution in [0.1, 0.15) is 36.9 Å². The van der Waals surface area contributed by atoms with E-state index in [9.17, 15) is 0 Å². The van der Waals surface area contributed by atoms with Crippen molar-refractivity contribution in [3.63, 3.8) is 0 Å². The van der Waals surface area contributed by atoms with Crippen LogP contribution in [0.2, 0.25) is 0 Å². The van der Waals surface area contributed by atoms with Gasteiger partial charge in [-0.3, -0.25) is 0 Å². The number of rotatable bonds is 4. The summed E-state index contributed by atoms with van der Waals surface area (Å²) in [5, 5.41) is 9.13. The lowest BCUT2D eigenvalue weighted by atomic mass is 9.96. The molecule has 0 spiro atoms. The van der Waals surface area contributed by atoms with Crippen molar-refractivity contribution in [3.8, 4) is 5.75 Å². The Morgan fingerprint density at radius 3 is 2.38 bits per heavy atom. The monoisotopic (exact) mass is 287 g/mol. The van der Waals surface area contributed by atoms with Gasteiger partial charge in [0.25, 0.3) is 0 Å². The van der Waals surface area contributed by atoms with E-state index in [-0.39, 0.29) is 6.61 Å². The molecule has 1 unspecified atom stereocenters. The lowest BCUT2D eigenvalue weighted by Gasteiger charge is -2.19. The van der Waals surface area contributed by atoms with Crippen molar-refractivity contribution in [1.82, 2.24) is 0 Å². The topological polar surface area (TPSA) is 55.5 Å². The molecule has 1 aromatic rings. The first-order chi connectivity index (χ1) is 7.51. The van der Waals surface area contributed by atoms with Gasteiger partial charge >= 0.3 is 0 Å². The van der Waals surface area contributed by atoms with Gasteiger partial charge in [-0.2, -0.15) is 0 Å². The van der Waals surface area contributed by atoms with Crippen LogP contribution in [0.15, 0.2) is 16.6 Å². The average molecular weight is 288 g/mol. The van der Waals surface area contributed by atoms with Gasteiger partial charge < -0.3 is 15.6 Å². The minimum atomic E-state index is -0.412. The molecule has 0 heterocycles. The molecule has 0 radical (unpaired) electrons. The number of benzene rings is 1. The first kappa shape index (κ1) is 13.5. The molecule has 4 heteroatoms. The van der Waals surface area contributed by atoms with E-state index in [0.29, 0.717) is 5.92 Å². The predicted octanol–water partition coefficient (Wildman–Crippen LogP) is 2.57. The number of ether oxygens (including phenoxy) is 1. The zero-order chi connectivity index (χ0) is 12.3. The fourth-order valence-corrected chi connectivity index (χ4v) is 2.17. The van der Waals surface area contributed by atoms with Gasteiger partial charge in [-0.05, 0) is 23.6 Å². The van der Waals surface area contributed by atoms with Gasteiger partial charge in [-0.25, -0.2) is 0 Å². The van der Waals surface area contributed by atoms with Crippen molar-refractivity contribution in [2.75, 3.05) is 13.7 Å². The van der Waals surface area contributed by atoms with Crippen LogP contribution in [0, 0.1) is 0 Å². The normalized spacial score (nSPS) is 12.9. The van der Waals surface area contributed by atoms with Crippen molar-refractivity contribution in [3.05, 3.63) is 27.7 Å². The van der Waals surface area contributed by atoms with E-state index in [1.165, 1.54) is 0 Å². The van der Waals surface area contributed by atoms with Crippen LogP contribution in [0.5, 0.6) is 5.75 Å². The van der Waals surface area contributed by atoms with Gasteiger partial charge in [0.05, 0.1) is 19.8 Å². The number of hydrogen-bond donors (Lipinski definition) is 2. The molecule has 0 bridgehead atoms. The van der Waals surface area contributed by atoms with E-state index >= 15 is 0 Å². The molecule has 3 N–H and O–H groups in total. The molecule has 0 aromatic heterocycles. The molecule has 0 amide bonds. The highest BCUT2D eigenvalue weighted by molar-refractivity contribution is 9.10. The first-order valence-corrected chi connectivity index (χ1v) is 6.04. The van der Waals surface area contributed by atoms with Crippen LogP contribution >= 0.6 is 15.9 Å². The van der Waals surface area contributed by atoms with Crippen LogP contribution < -0.4 is 10.5 Å². The van der Waals surface area contributed by atoms with Gasteiger partial charge in [0.1, 0.15) is 5.75 Å². The number of hydrogen-bond acceptors (Lipinski definition) is 3. The second kappa shape index (κ2) is 5.66. The summed E-state index contributed by atoms with van der Waals surface area (Å²) in [5.74, 6) is 1.12. The third-order valence-corrected chi connectivity index (χ3v) is 2.99. The van der Waals surface area contributed by atoms with E-state index in [1.54, 1.807) is 7.11 Å². The largest absolute Gasteiger partial charge is 0.496 e. The summed E-state index contributed by atoms with van der Waals surface area (Å²) < 4.78 is 6.36. The van der Waals surface area contributed by atoms with Crippen molar-refractivity contribution in [1.29, 1.82) is 0 Å². The zero-order valence-corrected chi connectivity index (χ0v) is 11.4. The number of aliphatic hydroxyl groups is 1.